The Morgan fingerprint density at radius 2 is 1.93 bits per heavy atom. The van der Waals surface area contributed by atoms with Gasteiger partial charge < -0.3 is 5.43 Å². The average molecular weight is 266 g/mol. The summed E-state index contributed by atoms with van der Waals surface area (Å²) in [6.07, 6.45) is 0. The van der Waals surface area contributed by atoms with Gasteiger partial charge in [0.25, 0.3) is 0 Å². The highest BCUT2D eigenvalue weighted by Gasteiger charge is 2.04. The van der Waals surface area contributed by atoms with Gasteiger partial charge in [-0.05, 0) is 43.2 Å². The van der Waals surface area contributed by atoms with E-state index >= 15 is 0 Å². The Morgan fingerprint density at radius 3 is 2.60 bits per heavy atom. The molecule has 2 aromatic rings. The maximum Gasteiger partial charge on any atom is 0.140 e. The van der Waals surface area contributed by atoms with E-state index in [-0.39, 0.29) is 0 Å². The molecule has 0 aliphatic rings. The number of pyridine rings is 1. The lowest BCUT2D eigenvalue weighted by Crippen LogP contribution is -2.08. The number of nitrogens with one attached hydrogen (secondary N) is 1. The first kappa shape index (κ1) is 10.4. The number of hydrogen-bond donors (Lipinski definition) is 2. The lowest BCUT2D eigenvalue weighted by molar-refractivity contribution is 1.25. The molecule has 1 aromatic heterocycles. The lowest BCUT2D eigenvalue weighted by Gasteiger charge is -2.07. The van der Waals surface area contributed by atoms with Gasteiger partial charge in [0.1, 0.15) is 5.82 Å². The number of nitrogens with two attached hydrogens (primary N) is 1. The van der Waals surface area contributed by atoms with Crippen LogP contribution in [0.15, 0.2) is 22.7 Å². The molecule has 0 bridgehead atoms. The minimum absolute atomic E-state index is 0.691. The van der Waals surface area contributed by atoms with Gasteiger partial charge in [0.15, 0.2) is 0 Å². The monoisotopic (exact) mass is 265 g/mol. The summed E-state index contributed by atoms with van der Waals surface area (Å²) in [6.45, 7) is 4.12. The van der Waals surface area contributed by atoms with Crippen LogP contribution in [0.4, 0.5) is 5.82 Å². The van der Waals surface area contributed by atoms with Crippen molar-refractivity contribution in [3.05, 3.63) is 33.8 Å². The highest BCUT2D eigenvalue weighted by atomic mass is 79.9. The van der Waals surface area contributed by atoms with Crippen molar-refractivity contribution in [3.63, 3.8) is 0 Å². The maximum absolute atomic E-state index is 5.35. The second-order valence-corrected chi connectivity index (χ2v) is 4.44. The topological polar surface area (TPSA) is 50.9 Å². The minimum Gasteiger partial charge on any atom is -0.308 e. The summed E-state index contributed by atoms with van der Waals surface area (Å²) >= 11 is 3.50. The van der Waals surface area contributed by atoms with Crippen molar-refractivity contribution < 1.29 is 0 Å². The van der Waals surface area contributed by atoms with E-state index in [0.717, 1.165) is 15.4 Å². The number of aromatic nitrogens is 1. The first-order valence-electron chi connectivity index (χ1n) is 4.66. The molecule has 78 valence electrons. The Kier molecular flexibility index (Phi) is 2.63. The third kappa shape index (κ3) is 1.82. The highest BCUT2D eigenvalue weighted by Crippen LogP contribution is 2.26. The number of anilines is 1. The number of benzene rings is 1. The second kappa shape index (κ2) is 3.79. The Hall–Kier alpha value is -1.13. The molecule has 0 atom stereocenters. The average Bonchev–Trinajstić information content (AvgIpc) is 2.21. The molecule has 1 heterocycles. The van der Waals surface area contributed by atoms with Gasteiger partial charge in [-0.15, -0.1) is 0 Å². The van der Waals surface area contributed by atoms with E-state index in [2.05, 4.69) is 46.3 Å². The summed E-state index contributed by atoms with van der Waals surface area (Å²) in [5, 5.41) is 1.16. The van der Waals surface area contributed by atoms with Crippen molar-refractivity contribution in [2.24, 2.45) is 5.84 Å². The summed E-state index contributed by atoms with van der Waals surface area (Å²) in [5.41, 5.74) is 5.89. The summed E-state index contributed by atoms with van der Waals surface area (Å²) < 4.78 is 1.07. The van der Waals surface area contributed by atoms with E-state index in [1.54, 1.807) is 0 Å². The van der Waals surface area contributed by atoms with Crippen LogP contribution in [0.2, 0.25) is 0 Å². The van der Waals surface area contributed by atoms with Gasteiger partial charge >= 0.3 is 0 Å². The van der Waals surface area contributed by atoms with Crippen molar-refractivity contribution in [2.45, 2.75) is 13.8 Å². The molecule has 2 rings (SSSR count). The molecule has 0 radical (unpaired) electrons. The molecule has 0 fully saturated rings. The summed E-state index contributed by atoms with van der Waals surface area (Å²) in [4.78, 5) is 4.39. The normalized spacial score (nSPS) is 10.7. The van der Waals surface area contributed by atoms with Crippen molar-refractivity contribution in [2.75, 3.05) is 5.43 Å². The molecule has 0 amide bonds. The van der Waals surface area contributed by atoms with Gasteiger partial charge in [-0.25, -0.2) is 10.8 Å². The Morgan fingerprint density at radius 1 is 1.20 bits per heavy atom. The zero-order chi connectivity index (χ0) is 11.0. The van der Waals surface area contributed by atoms with Gasteiger partial charge in [-0.3, -0.25) is 0 Å². The number of nitrogen functional groups attached to an aromatic ring is 1. The molecular weight excluding hydrogens is 254 g/mol. The molecule has 0 aliphatic carbocycles. The van der Waals surface area contributed by atoms with Crippen LogP contribution < -0.4 is 11.3 Å². The number of hydrogen-bond acceptors (Lipinski definition) is 3. The number of hydrazine groups is 1. The Labute approximate surface area is 96.8 Å². The zero-order valence-electron chi connectivity index (χ0n) is 8.63. The predicted octanol–water partition coefficient (Wildman–Crippen LogP) is 2.90. The van der Waals surface area contributed by atoms with Gasteiger partial charge in [-0.1, -0.05) is 15.9 Å². The smallest absolute Gasteiger partial charge is 0.140 e. The second-order valence-electron chi connectivity index (χ2n) is 3.59. The molecule has 0 saturated carbocycles. The summed E-state index contributed by atoms with van der Waals surface area (Å²) in [7, 11) is 0. The SMILES string of the molecule is Cc1cc2c(C)cc(NN)nc2cc1Br. The van der Waals surface area contributed by atoms with E-state index in [9.17, 15) is 0 Å². The van der Waals surface area contributed by atoms with E-state index in [1.165, 1.54) is 11.1 Å². The fourth-order valence-corrected chi connectivity index (χ4v) is 1.93. The Bertz CT molecular complexity index is 523. The standard InChI is InChI=1S/C11H12BrN3/c1-6-4-11(15-13)14-10-5-9(12)7(2)3-8(6)10/h3-5H,13H2,1-2H3,(H,14,15). The molecule has 15 heavy (non-hydrogen) atoms. The van der Waals surface area contributed by atoms with Crippen molar-refractivity contribution in [1.29, 1.82) is 0 Å². The van der Waals surface area contributed by atoms with Crippen LogP contribution in [0.25, 0.3) is 10.9 Å². The maximum atomic E-state index is 5.35. The van der Waals surface area contributed by atoms with E-state index < -0.39 is 0 Å². The largest absolute Gasteiger partial charge is 0.308 e. The van der Waals surface area contributed by atoms with Crippen molar-refractivity contribution in [1.82, 2.24) is 4.98 Å². The number of fused-ring (bicyclic) bond motifs is 1. The van der Waals surface area contributed by atoms with E-state index in [0.29, 0.717) is 5.82 Å². The van der Waals surface area contributed by atoms with Crippen LogP contribution in [0.5, 0.6) is 0 Å². The number of nitrogens with zero attached hydrogens (tertiary/aromatic N) is 1. The molecule has 3 nitrogen and oxygen atoms in total. The molecule has 0 spiro atoms. The molecule has 1 aromatic carbocycles. The van der Waals surface area contributed by atoms with Crippen LogP contribution in [0.3, 0.4) is 0 Å². The van der Waals surface area contributed by atoms with Gasteiger partial charge in [-0.2, -0.15) is 0 Å². The summed E-state index contributed by atoms with van der Waals surface area (Å²) in [6, 6.07) is 6.08. The molecule has 3 N–H and O–H groups in total. The Balaban J connectivity index is 2.80. The molecule has 0 saturated heterocycles. The third-order valence-electron chi connectivity index (χ3n) is 2.44. The molecule has 4 heteroatoms. The van der Waals surface area contributed by atoms with Crippen LogP contribution >= 0.6 is 15.9 Å². The minimum atomic E-state index is 0.691. The van der Waals surface area contributed by atoms with Crippen molar-refractivity contribution >= 4 is 32.7 Å². The van der Waals surface area contributed by atoms with Crippen LogP contribution in [-0.4, -0.2) is 4.98 Å². The van der Waals surface area contributed by atoms with Crippen LogP contribution in [0.1, 0.15) is 11.1 Å². The lowest BCUT2D eigenvalue weighted by atomic mass is 10.1. The first-order valence-corrected chi connectivity index (χ1v) is 5.45. The highest BCUT2D eigenvalue weighted by molar-refractivity contribution is 9.10. The van der Waals surface area contributed by atoms with E-state index in [4.69, 9.17) is 5.84 Å². The fraction of sp³-hybridized carbons (Fsp3) is 0.182. The number of halogens is 1. The number of aryl methyl sites for hydroxylation is 2. The van der Waals surface area contributed by atoms with Crippen molar-refractivity contribution in [3.8, 4) is 0 Å². The van der Waals surface area contributed by atoms with Crippen LogP contribution in [0, 0.1) is 13.8 Å². The molecule has 0 aliphatic heterocycles. The predicted molar refractivity (Wildman–Crippen MR) is 66.7 cm³/mol. The third-order valence-corrected chi connectivity index (χ3v) is 3.30. The van der Waals surface area contributed by atoms with Crippen LogP contribution in [-0.2, 0) is 0 Å². The summed E-state index contributed by atoms with van der Waals surface area (Å²) in [5.74, 6) is 6.04. The number of rotatable bonds is 1. The first-order chi connectivity index (χ1) is 7.11. The quantitative estimate of drug-likeness (QED) is 0.616. The fourth-order valence-electron chi connectivity index (χ4n) is 1.60. The van der Waals surface area contributed by atoms with E-state index in [1.807, 2.05) is 12.1 Å². The molecule has 0 unspecified atom stereocenters. The van der Waals surface area contributed by atoms with Gasteiger partial charge in [0.05, 0.1) is 5.52 Å². The zero-order valence-corrected chi connectivity index (χ0v) is 10.2. The van der Waals surface area contributed by atoms with Gasteiger partial charge in [0, 0.05) is 9.86 Å². The molecular formula is C11H12BrN3. The van der Waals surface area contributed by atoms with Gasteiger partial charge in [0.2, 0.25) is 0 Å².